The lowest BCUT2D eigenvalue weighted by atomic mass is 10.2. The van der Waals surface area contributed by atoms with Gasteiger partial charge in [-0.3, -0.25) is 0 Å². The Morgan fingerprint density at radius 2 is 2.38 bits per heavy atom. The molecule has 1 nitrogen and oxygen atoms in total. The maximum Gasteiger partial charge on any atom is 0.231 e. The second-order valence-electron chi connectivity index (χ2n) is 1.63. The van der Waals surface area contributed by atoms with Crippen LogP contribution in [0.3, 0.4) is 0 Å². The SMILES string of the molecule is C=CCCCC([O])F. The minimum Gasteiger partial charge on any atom is -0.213 e. The van der Waals surface area contributed by atoms with Crippen molar-refractivity contribution in [2.45, 2.75) is 25.6 Å². The summed E-state index contributed by atoms with van der Waals surface area (Å²) in [5.74, 6) is 0. The van der Waals surface area contributed by atoms with Crippen LogP contribution >= 0.6 is 0 Å². The Hall–Kier alpha value is -0.370. The lowest BCUT2D eigenvalue weighted by Gasteiger charge is -1.92. The van der Waals surface area contributed by atoms with Crippen LogP contribution in [-0.2, 0) is 5.11 Å². The van der Waals surface area contributed by atoms with Crippen molar-refractivity contribution in [2.24, 2.45) is 0 Å². The van der Waals surface area contributed by atoms with E-state index in [0.717, 1.165) is 6.42 Å². The number of rotatable bonds is 4. The molecule has 0 fully saturated rings. The number of hydrogen-bond donors (Lipinski definition) is 0. The maximum absolute atomic E-state index is 11.4. The number of halogens is 1. The Morgan fingerprint density at radius 3 is 2.75 bits per heavy atom. The molecule has 1 radical (unpaired) electrons. The van der Waals surface area contributed by atoms with Gasteiger partial charge in [-0.25, -0.2) is 4.39 Å². The van der Waals surface area contributed by atoms with Gasteiger partial charge in [0.2, 0.25) is 6.36 Å². The summed E-state index contributed by atoms with van der Waals surface area (Å²) >= 11 is 0. The first-order valence-electron chi connectivity index (χ1n) is 2.68. The van der Waals surface area contributed by atoms with Crippen molar-refractivity contribution in [1.29, 1.82) is 0 Å². The van der Waals surface area contributed by atoms with Crippen LogP contribution in [0.25, 0.3) is 0 Å². The summed E-state index contributed by atoms with van der Waals surface area (Å²) in [4.78, 5) is 0. The molecule has 0 amide bonds. The zero-order valence-corrected chi connectivity index (χ0v) is 4.77. The third-order valence-electron chi connectivity index (χ3n) is 0.839. The van der Waals surface area contributed by atoms with Crippen LogP contribution in [0.4, 0.5) is 4.39 Å². The molecule has 0 heterocycles. The predicted molar refractivity (Wildman–Crippen MR) is 29.6 cm³/mol. The van der Waals surface area contributed by atoms with Crippen LogP contribution in [0.15, 0.2) is 12.7 Å². The average molecular weight is 117 g/mol. The van der Waals surface area contributed by atoms with Gasteiger partial charge in [0, 0.05) is 6.42 Å². The molecule has 0 aromatic rings. The Kier molecular flexibility index (Phi) is 4.56. The van der Waals surface area contributed by atoms with Gasteiger partial charge in [0.25, 0.3) is 0 Å². The first-order chi connectivity index (χ1) is 3.77. The fraction of sp³-hybridized carbons (Fsp3) is 0.667. The van der Waals surface area contributed by atoms with Gasteiger partial charge in [0.05, 0.1) is 0 Å². The van der Waals surface area contributed by atoms with Crippen LogP contribution in [0, 0.1) is 0 Å². The number of alkyl halides is 1. The molecular weight excluding hydrogens is 107 g/mol. The average Bonchev–Trinajstić information content (AvgIpc) is 1.66. The summed E-state index contributed by atoms with van der Waals surface area (Å²) in [5.41, 5.74) is 0. The molecule has 1 atom stereocenters. The van der Waals surface area contributed by atoms with E-state index in [9.17, 15) is 9.50 Å². The fourth-order valence-electron chi connectivity index (χ4n) is 0.423. The highest BCUT2D eigenvalue weighted by Gasteiger charge is 1.98. The quantitative estimate of drug-likeness (QED) is 0.397. The van der Waals surface area contributed by atoms with E-state index in [1.165, 1.54) is 0 Å². The molecule has 47 valence electrons. The van der Waals surface area contributed by atoms with Gasteiger partial charge in [0.1, 0.15) is 0 Å². The van der Waals surface area contributed by atoms with E-state index < -0.39 is 6.36 Å². The topological polar surface area (TPSA) is 19.9 Å². The summed E-state index contributed by atoms with van der Waals surface area (Å²) in [7, 11) is 0. The van der Waals surface area contributed by atoms with Gasteiger partial charge >= 0.3 is 0 Å². The second-order valence-corrected chi connectivity index (χ2v) is 1.63. The van der Waals surface area contributed by atoms with E-state index in [4.69, 9.17) is 0 Å². The minimum atomic E-state index is -1.89. The lowest BCUT2D eigenvalue weighted by molar-refractivity contribution is -0.0290. The maximum atomic E-state index is 11.4. The third-order valence-corrected chi connectivity index (χ3v) is 0.839. The Morgan fingerprint density at radius 1 is 1.75 bits per heavy atom. The van der Waals surface area contributed by atoms with E-state index in [-0.39, 0.29) is 6.42 Å². The van der Waals surface area contributed by atoms with Crippen molar-refractivity contribution in [1.82, 2.24) is 0 Å². The molecule has 0 spiro atoms. The van der Waals surface area contributed by atoms with Gasteiger partial charge < -0.3 is 0 Å². The summed E-state index contributed by atoms with van der Waals surface area (Å²) in [5, 5.41) is 9.70. The van der Waals surface area contributed by atoms with Crippen molar-refractivity contribution >= 4 is 0 Å². The fourth-order valence-corrected chi connectivity index (χ4v) is 0.423. The van der Waals surface area contributed by atoms with Crippen LogP contribution < -0.4 is 0 Å². The molecular formula is C6H10FO. The van der Waals surface area contributed by atoms with Crippen molar-refractivity contribution in [3.63, 3.8) is 0 Å². The molecule has 0 saturated heterocycles. The molecule has 0 aromatic heterocycles. The molecule has 0 aliphatic carbocycles. The molecule has 0 aliphatic heterocycles. The van der Waals surface area contributed by atoms with E-state index in [1.54, 1.807) is 6.08 Å². The Balaban J connectivity index is 2.81. The molecule has 0 saturated carbocycles. The summed E-state index contributed by atoms with van der Waals surface area (Å²) in [6.45, 7) is 3.43. The first-order valence-corrected chi connectivity index (χ1v) is 2.68. The number of allylic oxidation sites excluding steroid dienone is 1. The first kappa shape index (κ1) is 7.63. The van der Waals surface area contributed by atoms with Gasteiger partial charge in [0.15, 0.2) is 0 Å². The van der Waals surface area contributed by atoms with Crippen LogP contribution in [0.2, 0.25) is 0 Å². The summed E-state index contributed by atoms with van der Waals surface area (Å²) < 4.78 is 11.4. The highest BCUT2D eigenvalue weighted by Crippen LogP contribution is 2.01. The van der Waals surface area contributed by atoms with Gasteiger partial charge in [-0.15, -0.1) is 6.58 Å². The van der Waals surface area contributed by atoms with Gasteiger partial charge in [-0.1, -0.05) is 6.08 Å². The zero-order valence-electron chi connectivity index (χ0n) is 4.77. The largest absolute Gasteiger partial charge is 0.231 e. The monoisotopic (exact) mass is 117 g/mol. The lowest BCUT2D eigenvalue weighted by Crippen LogP contribution is -1.92. The molecule has 1 unspecified atom stereocenters. The molecule has 0 N–H and O–H groups in total. The van der Waals surface area contributed by atoms with E-state index >= 15 is 0 Å². The predicted octanol–water partition coefficient (Wildman–Crippen LogP) is 2.07. The molecule has 0 rings (SSSR count). The summed E-state index contributed by atoms with van der Waals surface area (Å²) in [6, 6.07) is 0. The highest BCUT2D eigenvalue weighted by atomic mass is 19.1. The molecule has 0 aliphatic rings. The second kappa shape index (κ2) is 4.78. The van der Waals surface area contributed by atoms with E-state index in [1.807, 2.05) is 0 Å². The smallest absolute Gasteiger partial charge is 0.213 e. The molecule has 0 aromatic carbocycles. The number of unbranched alkanes of at least 4 members (excludes halogenated alkanes) is 1. The molecule has 8 heavy (non-hydrogen) atoms. The van der Waals surface area contributed by atoms with Gasteiger partial charge in [-0.2, -0.15) is 5.11 Å². The van der Waals surface area contributed by atoms with E-state index in [2.05, 4.69) is 6.58 Å². The Bertz CT molecular complexity index is 61.5. The van der Waals surface area contributed by atoms with Crippen LogP contribution in [-0.4, -0.2) is 6.36 Å². The van der Waals surface area contributed by atoms with Crippen molar-refractivity contribution in [2.75, 3.05) is 0 Å². The minimum absolute atomic E-state index is 0.117. The standard InChI is InChI=1S/C6H10FO/c1-2-3-4-5-6(7)8/h2,6H,1,3-5H2. The van der Waals surface area contributed by atoms with Crippen LogP contribution in [0.1, 0.15) is 19.3 Å². The Labute approximate surface area is 48.8 Å². The van der Waals surface area contributed by atoms with E-state index in [0.29, 0.717) is 6.42 Å². The zero-order chi connectivity index (χ0) is 6.41. The third kappa shape index (κ3) is 5.63. The van der Waals surface area contributed by atoms with Crippen molar-refractivity contribution in [3.05, 3.63) is 12.7 Å². The highest BCUT2D eigenvalue weighted by molar-refractivity contribution is 4.65. The van der Waals surface area contributed by atoms with Crippen molar-refractivity contribution < 1.29 is 9.50 Å². The molecule has 2 heteroatoms. The number of hydrogen-bond acceptors (Lipinski definition) is 0. The van der Waals surface area contributed by atoms with Gasteiger partial charge in [-0.05, 0) is 12.8 Å². The van der Waals surface area contributed by atoms with Crippen LogP contribution in [0.5, 0.6) is 0 Å². The summed E-state index contributed by atoms with van der Waals surface area (Å²) in [6.07, 6.45) is 1.26. The van der Waals surface area contributed by atoms with Crippen molar-refractivity contribution in [3.8, 4) is 0 Å². The molecule has 0 bridgehead atoms. The normalized spacial score (nSPS) is 13.2.